The van der Waals surface area contributed by atoms with Crippen molar-refractivity contribution < 1.29 is 45.0 Å². The molecule has 0 radical (unpaired) electrons. The Morgan fingerprint density at radius 3 is 0.842 bits per heavy atom. The van der Waals surface area contributed by atoms with E-state index in [4.69, 9.17) is 0 Å². The fourth-order valence-corrected chi connectivity index (χ4v) is 2.20. The standard InChI is InChI=1S/3C7H5NO4.2Al/c3*9-6-2-1-4(8-12)3-5(6)7(10)11;;/h3*1-3,9H,(H,10,11);;/q;;;2*+3/p-6. The zero-order valence-corrected chi connectivity index (χ0v) is 20.9. The molecule has 3 rings (SSSR count). The molecule has 0 heterocycles. The number of carbonyl (C=O) groups is 3. The van der Waals surface area contributed by atoms with Crippen LogP contribution in [-0.2, 0) is 0 Å². The summed E-state index contributed by atoms with van der Waals surface area (Å²) in [6, 6.07) is 8.94. The van der Waals surface area contributed by atoms with Crippen LogP contribution >= 0.6 is 0 Å². The molecular formula is C21H9Al2N3O12. The van der Waals surface area contributed by atoms with Gasteiger partial charge in [-0.2, -0.15) is 0 Å². The van der Waals surface area contributed by atoms with E-state index in [1.54, 1.807) is 0 Å². The van der Waals surface area contributed by atoms with Gasteiger partial charge in [-0.15, -0.1) is 14.7 Å². The van der Waals surface area contributed by atoms with Crippen LogP contribution in [-0.4, -0.2) is 52.6 Å². The van der Waals surface area contributed by atoms with Crippen LogP contribution in [0.4, 0.5) is 17.1 Å². The van der Waals surface area contributed by atoms with Gasteiger partial charge in [-0.1, -0.05) is 35.4 Å². The normalized spacial score (nSPS) is 8.84. The van der Waals surface area contributed by atoms with Gasteiger partial charge in [0.25, 0.3) is 0 Å². The third kappa shape index (κ3) is 10.5. The fraction of sp³-hybridized carbons (Fsp3) is 0. The predicted octanol–water partition coefficient (Wildman–Crippen LogP) is -2.20. The quantitative estimate of drug-likeness (QED) is 0.234. The van der Waals surface area contributed by atoms with Crippen molar-refractivity contribution in [3.05, 3.63) is 86.0 Å². The largest absolute Gasteiger partial charge is 3.00 e. The molecule has 0 N–H and O–H groups in total. The maximum absolute atomic E-state index is 10.8. The van der Waals surface area contributed by atoms with Gasteiger partial charge in [0.05, 0.1) is 17.9 Å². The van der Waals surface area contributed by atoms with E-state index in [0.717, 1.165) is 54.6 Å². The van der Waals surface area contributed by atoms with Crippen LogP contribution in [0.3, 0.4) is 0 Å². The van der Waals surface area contributed by atoms with E-state index >= 15 is 0 Å². The molecule has 0 fully saturated rings. The van der Waals surface area contributed by atoms with Gasteiger partial charge in [-0.3, -0.25) is 0 Å². The van der Waals surface area contributed by atoms with Crippen LogP contribution in [0.25, 0.3) is 0 Å². The molecule has 3 aromatic carbocycles. The van der Waals surface area contributed by atoms with Crippen molar-refractivity contribution in [3.63, 3.8) is 0 Å². The summed E-state index contributed by atoms with van der Waals surface area (Å²) in [6.45, 7) is 0. The minimum absolute atomic E-state index is 0. The molecular weight excluding hydrogens is 540 g/mol. The van der Waals surface area contributed by atoms with Crippen LogP contribution in [0, 0.1) is 14.7 Å². The summed E-state index contributed by atoms with van der Waals surface area (Å²) >= 11 is 0. The number of carboxylic acid groups (broad SMARTS) is 3. The van der Waals surface area contributed by atoms with Crippen molar-refractivity contribution in [3.8, 4) is 17.2 Å². The number of hydrogen-bond acceptors (Lipinski definition) is 15. The zero-order chi connectivity index (χ0) is 27.4. The molecule has 0 aliphatic rings. The van der Waals surface area contributed by atoms with Crippen LogP contribution in [0.5, 0.6) is 17.2 Å². The summed E-state index contributed by atoms with van der Waals surface area (Å²) in [6.07, 6.45) is 0. The summed E-state index contributed by atoms with van der Waals surface area (Å²) in [4.78, 5) is 60.5. The number of nitroso groups, excluding NO2 is 3. The molecule has 17 heteroatoms. The van der Waals surface area contributed by atoms with Crippen LogP contribution in [0.2, 0.25) is 0 Å². The molecule has 0 saturated carbocycles. The monoisotopic (exact) mass is 549 g/mol. The smallest absolute Gasteiger partial charge is 0.872 e. The first-order valence-corrected chi connectivity index (χ1v) is 9.02. The number of benzene rings is 3. The van der Waals surface area contributed by atoms with Gasteiger partial charge in [-0.05, 0) is 68.6 Å². The molecule has 38 heavy (non-hydrogen) atoms. The second-order valence-electron chi connectivity index (χ2n) is 6.18. The molecule has 0 aliphatic heterocycles. The summed E-state index contributed by atoms with van der Waals surface area (Å²) in [5.74, 6) is -6.89. The van der Waals surface area contributed by atoms with Gasteiger partial charge in [0.2, 0.25) is 0 Å². The summed E-state index contributed by atoms with van der Waals surface area (Å²) in [5, 5.41) is 70.4. The molecule has 0 spiro atoms. The molecule has 0 atom stereocenters. The van der Waals surface area contributed by atoms with E-state index in [9.17, 15) is 59.7 Å². The van der Waals surface area contributed by atoms with E-state index in [0.29, 0.717) is 0 Å². The van der Waals surface area contributed by atoms with Crippen molar-refractivity contribution in [2.24, 2.45) is 15.5 Å². The molecule has 15 nitrogen and oxygen atoms in total. The second kappa shape index (κ2) is 16.9. The summed E-state index contributed by atoms with van der Waals surface area (Å²) in [7, 11) is 0. The molecule has 0 saturated heterocycles. The summed E-state index contributed by atoms with van der Waals surface area (Å²) < 4.78 is 0. The first-order chi connectivity index (χ1) is 16.9. The Labute approximate surface area is 233 Å². The third-order valence-corrected chi connectivity index (χ3v) is 3.87. The molecule has 0 aliphatic carbocycles. The van der Waals surface area contributed by atoms with Crippen molar-refractivity contribution in [2.75, 3.05) is 0 Å². The molecule has 0 amide bonds. The van der Waals surface area contributed by atoms with Gasteiger partial charge >= 0.3 is 34.7 Å². The Balaban J connectivity index is 0. The third-order valence-electron chi connectivity index (χ3n) is 3.87. The van der Waals surface area contributed by atoms with E-state index in [1.807, 2.05) is 0 Å². The molecule has 186 valence electrons. The predicted molar refractivity (Wildman–Crippen MR) is 119 cm³/mol. The van der Waals surface area contributed by atoms with Crippen molar-refractivity contribution in [1.29, 1.82) is 0 Å². The van der Waals surface area contributed by atoms with Crippen molar-refractivity contribution in [2.45, 2.75) is 0 Å². The minimum Gasteiger partial charge on any atom is -0.872 e. The number of nitrogens with zero attached hydrogens (tertiary/aromatic N) is 3. The Bertz CT molecular complexity index is 1170. The number of aromatic carboxylic acids is 3. The zero-order valence-electron chi connectivity index (χ0n) is 18.6. The van der Waals surface area contributed by atoms with Crippen molar-refractivity contribution >= 4 is 69.7 Å². The summed E-state index contributed by atoms with van der Waals surface area (Å²) in [5.41, 5.74) is -1.96. The maximum Gasteiger partial charge on any atom is 3.00 e. The van der Waals surface area contributed by atoms with Crippen LogP contribution < -0.4 is 30.6 Å². The minimum atomic E-state index is -1.61. The number of carbonyl (C=O) groups excluding carboxylic acids is 3. The van der Waals surface area contributed by atoms with Gasteiger partial charge in [0.1, 0.15) is 17.1 Å². The van der Waals surface area contributed by atoms with Gasteiger partial charge < -0.3 is 45.0 Å². The Morgan fingerprint density at radius 2 is 0.684 bits per heavy atom. The fourth-order valence-electron chi connectivity index (χ4n) is 2.20. The van der Waals surface area contributed by atoms with E-state index in [2.05, 4.69) is 15.5 Å². The van der Waals surface area contributed by atoms with Gasteiger partial charge in [-0.25, -0.2) is 0 Å². The van der Waals surface area contributed by atoms with E-state index in [1.165, 1.54) is 0 Å². The van der Waals surface area contributed by atoms with E-state index in [-0.39, 0.29) is 51.8 Å². The number of hydrogen-bond donors (Lipinski definition) is 0. The number of rotatable bonds is 6. The Morgan fingerprint density at radius 1 is 0.474 bits per heavy atom. The molecule has 0 aromatic heterocycles. The average Bonchev–Trinajstić information content (AvgIpc) is 2.85. The van der Waals surface area contributed by atoms with Crippen LogP contribution in [0.1, 0.15) is 31.1 Å². The first kappa shape index (κ1) is 35.5. The second-order valence-corrected chi connectivity index (χ2v) is 6.18. The first-order valence-electron chi connectivity index (χ1n) is 9.02. The molecule has 0 bridgehead atoms. The van der Waals surface area contributed by atoms with Crippen LogP contribution in [0.15, 0.2) is 70.1 Å². The Hall–Kier alpha value is -4.67. The topological polar surface area (TPSA) is 278 Å². The van der Waals surface area contributed by atoms with Gasteiger partial charge in [0.15, 0.2) is 0 Å². The number of carboxylic acids is 3. The van der Waals surface area contributed by atoms with Crippen molar-refractivity contribution in [1.82, 2.24) is 0 Å². The Kier molecular flexibility index (Phi) is 15.8. The molecule has 3 aromatic rings. The van der Waals surface area contributed by atoms with E-state index < -0.39 is 51.8 Å². The molecule has 0 unspecified atom stereocenters. The SMILES string of the molecule is O=Nc1ccc([O-])c(C(=O)[O-])c1.O=Nc1ccc([O-])c(C(=O)[O-])c1.O=Nc1ccc([O-])c(C(=O)[O-])c1.[Al+3].[Al+3]. The maximum atomic E-state index is 10.8. The average molecular weight is 549 g/mol. The van der Waals surface area contributed by atoms with Gasteiger partial charge in [0, 0.05) is 0 Å².